The zero-order valence-corrected chi connectivity index (χ0v) is 16.6. The van der Waals surface area contributed by atoms with E-state index in [1.165, 1.54) is 18.2 Å². The number of likely N-dealkylation sites (tertiary alicyclic amines) is 1. The minimum atomic E-state index is -0.728. The molecule has 7 heteroatoms. The van der Waals surface area contributed by atoms with Crippen LogP contribution >= 0.6 is 0 Å². The number of carbonyl (C=O) groups is 2. The molecule has 0 bridgehead atoms. The van der Waals surface area contributed by atoms with Crippen LogP contribution in [-0.4, -0.2) is 29.9 Å². The van der Waals surface area contributed by atoms with E-state index in [1.807, 2.05) is 6.92 Å². The van der Waals surface area contributed by atoms with Gasteiger partial charge in [0.1, 0.15) is 11.6 Å². The largest absolute Gasteiger partial charge is 0.351 e. The lowest BCUT2D eigenvalue weighted by Crippen LogP contribution is -2.52. The van der Waals surface area contributed by atoms with Gasteiger partial charge in [-0.25, -0.2) is 13.6 Å². The van der Waals surface area contributed by atoms with Crippen LogP contribution in [0.15, 0.2) is 42.5 Å². The maximum atomic E-state index is 13.7. The fourth-order valence-electron chi connectivity index (χ4n) is 3.47. The number of rotatable bonds is 4. The van der Waals surface area contributed by atoms with E-state index in [1.54, 1.807) is 36.1 Å². The maximum Gasteiger partial charge on any atom is 0.321 e. The molecule has 0 saturated carbocycles. The van der Waals surface area contributed by atoms with Crippen LogP contribution in [0.2, 0.25) is 0 Å². The predicted molar refractivity (Wildman–Crippen MR) is 107 cm³/mol. The Bertz CT molecular complexity index is 901. The highest BCUT2D eigenvalue weighted by Gasteiger charge is 2.39. The molecule has 0 aliphatic carbocycles. The minimum absolute atomic E-state index is 0.152. The summed E-state index contributed by atoms with van der Waals surface area (Å²) in [6, 6.07) is 10.1. The molecule has 0 aromatic heterocycles. The Balaban J connectivity index is 1.60. The monoisotopic (exact) mass is 401 g/mol. The van der Waals surface area contributed by atoms with Crippen LogP contribution in [0.1, 0.15) is 30.9 Å². The lowest BCUT2D eigenvalue weighted by Gasteiger charge is -2.39. The van der Waals surface area contributed by atoms with E-state index >= 15 is 0 Å². The summed E-state index contributed by atoms with van der Waals surface area (Å²) < 4.78 is 26.7. The van der Waals surface area contributed by atoms with Gasteiger partial charge in [-0.3, -0.25) is 4.79 Å². The number of hydrogen-bond donors (Lipinski definition) is 2. The van der Waals surface area contributed by atoms with Crippen molar-refractivity contribution in [2.75, 3.05) is 18.4 Å². The van der Waals surface area contributed by atoms with Gasteiger partial charge in [0.15, 0.2) is 0 Å². The third kappa shape index (κ3) is 5.10. The van der Waals surface area contributed by atoms with Crippen LogP contribution in [0.5, 0.6) is 0 Å². The lowest BCUT2D eigenvalue weighted by atomic mass is 9.81. The van der Waals surface area contributed by atoms with Crippen LogP contribution < -0.4 is 10.6 Å². The molecule has 3 rings (SSSR count). The van der Waals surface area contributed by atoms with Gasteiger partial charge in [0.2, 0.25) is 5.91 Å². The number of piperidine rings is 1. The van der Waals surface area contributed by atoms with E-state index in [2.05, 4.69) is 10.6 Å². The highest BCUT2D eigenvalue weighted by molar-refractivity contribution is 5.90. The Morgan fingerprint density at radius 2 is 1.86 bits per heavy atom. The number of halogens is 2. The Kier molecular flexibility index (Phi) is 6.15. The van der Waals surface area contributed by atoms with Crippen LogP contribution in [0, 0.1) is 24.0 Å². The predicted octanol–water partition coefficient (Wildman–Crippen LogP) is 4.22. The first-order valence-corrected chi connectivity index (χ1v) is 9.62. The first kappa shape index (κ1) is 20.8. The number of anilines is 1. The van der Waals surface area contributed by atoms with Crippen LogP contribution in [0.3, 0.4) is 0 Å². The molecule has 1 heterocycles. The Hall–Kier alpha value is -2.96. The van der Waals surface area contributed by atoms with Gasteiger partial charge in [-0.2, -0.15) is 0 Å². The molecule has 2 aromatic rings. The fraction of sp³-hybridized carbons (Fsp3) is 0.364. The molecular formula is C22H25F2N3O2. The van der Waals surface area contributed by atoms with Crippen molar-refractivity contribution in [1.29, 1.82) is 0 Å². The SMILES string of the molecule is Cc1ccc(NC(=O)N2CCC[C@@](C)(C(=O)NCc3ccc(F)cc3)C2)cc1F. The van der Waals surface area contributed by atoms with Crippen molar-refractivity contribution in [2.24, 2.45) is 5.41 Å². The number of aryl methyl sites for hydroxylation is 1. The summed E-state index contributed by atoms with van der Waals surface area (Å²) in [5.41, 5.74) is 0.960. The molecule has 154 valence electrons. The quantitative estimate of drug-likeness (QED) is 0.806. The van der Waals surface area contributed by atoms with E-state index in [9.17, 15) is 18.4 Å². The Labute approximate surface area is 169 Å². The van der Waals surface area contributed by atoms with Crippen molar-refractivity contribution >= 4 is 17.6 Å². The third-order valence-corrected chi connectivity index (χ3v) is 5.32. The van der Waals surface area contributed by atoms with E-state index in [0.717, 1.165) is 5.56 Å². The normalized spacial score (nSPS) is 19.0. The molecule has 0 unspecified atom stereocenters. The number of carbonyl (C=O) groups excluding carboxylic acids is 2. The second-order valence-corrected chi connectivity index (χ2v) is 7.79. The standard InChI is InChI=1S/C22H25F2N3O2/c1-15-4-9-18(12-19(15)24)26-21(29)27-11-3-10-22(2,14-27)20(28)25-13-16-5-7-17(23)8-6-16/h4-9,12H,3,10-11,13-14H2,1-2H3,(H,25,28)(H,26,29)/t22-/m1/s1. The topological polar surface area (TPSA) is 61.4 Å². The van der Waals surface area contributed by atoms with Gasteiger partial charge in [0.25, 0.3) is 0 Å². The second kappa shape index (κ2) is 8.59. The zero-order valence-electron chi connectivity index (χ0n) is 16.6. The Morgan fingerprint density at radius 3 is 2.55 bits per heavy atom. The summed E-state index contributed by atoms with van der Waals surface area (Å²) in [5.74, 6) is -0.860. The maximum absolute atomic E-state index is 13.7. The number of amides is 3. The summed E-state index contributed by atoms with van der Waals surface area (Å²) in [5, 5.41) is 5.58. The molecule has 2 N–H and O–H groups in total. The van der Waals surface area contributed by atoms with Gasteiger partial charge in [-0.15, -0.1) is 0 Å². The number of nitrogens with zero attached hydrogens (tertiary/aromatic N) is 1. The van der Waals surface area contributed by atoms with Gasteiger partial charge in [-0.1, -0.05) is 18.2 Å². The van der Waals surface area contributed by atoms with Crippen LogP contribution in [-0.2, 0) is 11.3 Å². The van der Waals surface area contributed by atoms with E-state index in [-0.39, 0.29) is 30.1 Å². The average molecular weight is 401 g/mol. The molecular weight excluding hydrogens is 376 g/mol. The van der Waals surface area contributed by atoms with Crippen LogP contribution in [0.4, 0.5) is 19.3 Å². The summed E-state index contributed by atoms with van der Waals surface area (Å²) >= 11 is 0. The van der Waals surface area contributed by atoms with Crippen molar-refractivity contribution in [2.45, 2.75) is 33.2 Å². The van der Waals surface area contributed by atoms with Crippen molar-refractivity contribution < 1.29 is 18.4 Å². The highest BCUT2D eigenvalue weighted by atomic mass is 19.1. The molecule has 3 amide bonds. The smallest absolute Gasteiger partial charge is 0.321 e. The molecule has 5 nitrogen and oxygen atoms in total. The Morgan fingerprint density at radius 1 is 1.14 bits per heavy atom. The molecule has 1 aliphatic heterocycles. The second-order valence-electron chi connectivity index (χ2n) is 7.79. The van der Waals surface area contributed by atoms with Crippen molar-refractivity contribution in [3.63, 3.8) is 0 Å². The van der Waals surface area contributed by atoms with Crippen LogP contribution in [0.25, 0.3) is 0 Å². The van der Waals surface area contributed by atoms with E-state index < -0.39 is 5.41 Å². The molecule has 0 spiro atoms. The third-order valence-electron chi connectivity index (χ3n) is 5.32. The number of nitrogens with one attached hydrogen (secondary N) is 2. The fourth-order valence-corrected chi connectivity index (χ4v) is 3.47. The average Bonchev–Trinajstić information content (AvgIpc) is 2.70. The van der Waals surface area contributed by atoms with Gasteiger partial charge in [-0.05, 0) is 62.1 Å². The lowest BCUT2D eigenvalue weighted by molar-refractivity contribution is -0.132. The van der Waals surface area contributed by atoms with Crippen molar-refractivity contribution in [3.8, 4) is 0 Å². The summed E-state index contributed by atoms with van der Waals surface area (Å²) in [6.07, 6.45) is 1.35. The number of urea groups is 1. The summed E-state index contributed by atoms with van der Waals surface area (Å²) in [4.78, 5) is 27.0. The minimum Gasteiger partial charge on any atom is -0.351 e. The van der Waals surface area contributed by atoms with Gasteiger partial charge in [0.05, 0.1) is 5.41 Å². The zero-order chi connectivity index (χ0) is 21.0. The van der Waals surface area contributed by atoms with E-state index in [4.69, 9.17) is 0 Å². The number of benzene rings is 2. The molecule has 1 saturated heterocycles. The van der Waals surface area contributed by atoms with Crippen molar-refractivity contribution in [3.05, 3.63) is 65.2 Å². The van der Waals surface area contributed by atoms with Gasteiger partial charge in [0, 0.05) is 25.3 Å². The first-order valence-electron chi connectivity index (χ1n) is 9.62. The molecule has 1 atom stereocenters. The van der Waals surface area contributed by atoms with Gasteiger partial charge < -0.3 is 15.5 Å². The van der Waals surface area contributed by atoms with Gasteiger partial charge >= 0.3 is 6.03 Å². The molecule has 1 aliphatic rings. The summed E-state index contributed by atoms with van der Waals surface area (Å²) in [7, 11) is 0. The molecule has 1 fully saturated rings. The number of hydrogen-bond acceptors (Lipinski definition) is 2. The highest BCUT2D eigenvalue weighted by Crippen LogP contribution is 2.30. The van der Waals surface area contributed by atoms with E-state index in [0.29, 0.717) is 37.2 Å². The summed E-state index contributed by atoms with van der Waals surface area (Å²) in [6.45, 7) is 4.58. The molecule has 2 aromatic carbocycles. The first-order chi connectivity index (χ1) is 13.8. The molecule has 0 radical (unpaired) electrons. The van der Waals surface area contributed by atoms with Crippen molar-refractivity contribution in [1.82, 2.24) is 10.2 Å². The molecule has 29 heavy (non-hydrogen) atoms.